The third-order valence-corrected chi connectivity index (χ3v) is 5.40. The molecule has 0 spiro atoms. The van der Waals surface area contributed by atoms with Crippen LogP contribution in [-0.2, 0) is 0 Å². The van der Waals surface area contributed by atoms with Crippen LogP contribution in [0, 0.1) is 0 Å². The number of thiazole rings is 1. The molecule has 0 radical (unpaired) electrons. The second-order valence-electron chi connectivity index (χ2n) is 4.63. The zero-order valence-electron chi connectivity index (χ0n) is 11.5. The smallest absolute Gasteiger partial charge is 0.155 e. The van der Waals surface area contributed by atoms with Crippen LogP contribution in [0.25, 0.3) is 10.2 Å². The van der Waals surface area contributed by atoms with E-state index in [4.69, 9.17) is 0 Å². The molecule has 1 N–H and O–H groups in total. The first kappa shape index (κ1) is 13.6. The molecule has 0 saturated carbocycles. The molecule has 0 amide bonds. The van der Waals surface area contributed by atoms with E-state index >= 15 is 0 Å². The van der Waals surface area contributed by atoms with Crippen molar-refractivity contribution in [2.75, 3.05) is 7.05 Å². The van der Waals surface area contributed by atoms with Gasteiger partial charge in [-0.1, -0.05) is 36.0 Å². The van der Waals surface area contributed by atoms with Crippen molar-refractivity contribution in [2.45, 2.75) is 22.2 Å². The molecule has 0 aliphatic rings. The summed E-state index contributed by atoms with van der Waals surface area (Å²) in [6.45, 7) is 2.16. The van der Waals surface area contributed by atoms with Gasteiger partial charge in [-0.3, -0.25) is 0 Å². The van der Waals surface area contributed by atoms with Gasteiger partial charge in [0.15, 0.2) is 4.34 Å². The van der Waals surface area contributed by atoms with E-state index in [1.165, 1.54) is 15.2 Å². The second kappa shape index (κ2) is 5.95. The van der Waals surface area contributed by atoms with Gasteiger partial charge in [0.25, 0.3) is 0 Å². The van der Waals surface area contributed by atoms with Crippen LogP contribution in [0.4, 0.5) is 0 Å². The van der Waals surface area contributed by atoms with Gasteiger partial charge in [-0.2, -0.15) is 0 Å². The molecule has 3 aromatic rings. The van der Waals surface area contributed by atoms with Crippen LogP contribution in [-0.4, -0.2) is 12.0 Å². The third kappa shape index (κ3) is 2.87. The Hall–Kier alpha value is -1.36. The molecule has 1 unspecified atom stereocenters. The third-order valence-electron chi connectivity index (χ3n) is 3.29. The molecule has 102 valence electrons. The van der Waals surface area contributed by atoms with Gasteiger partial charge in [-0.15, -0.1) is 11.3 Å². The predicted molar refractivity (Wildman–Crippen MR) is 87.7 cm³/mol. The average Bonchev–Trinajstić information content (AvgIpc) is 2.89. The average molecular weight is 300 g/mol. The lowest BCUT2D eigenvalue weighted by molar-refractivity contribution is 0.652. The maximum Gasteiger partial charge on any atom is 0.155 e. The van der Waals surface area contributed by atoms with Gasteiger partial charge in [0.1, 0.15) is 0 Å². The van der Waals surface area contributed by atoms with Gasteiger partial charge < -0.3 is 5.32 Å². The lowest BCUT2D eigenvalue weighted by Crippen LogP contribution is -2.11. The number of hydrogen-bond acceptors (Lipinski definition) is 4. The number of fused-ring (bicyclic) bond motifs is 1. The minimum Gasteiger partial charge on any atom is -0.313 e. The van der Waals surface area contributed by atoms with Crippen molar-refractivity contribution in [3.05, 3.63) is 54.1 Å². The highest BCUT2D eigenvalue weighted by Crippen LogP contribution is 2.34. The van der Waals surface area contributed by atoms with Crippen LogP contribution in [0.1, 0.15) is 18.5 Å². The lowest BCUT2D eigenvalue weighted by Gasteiger charge is -2.10. The number of rotatable bonds is 4. The van der Waals surface area contributed by atoms with E-state index in [9.17, 15) is 0 Å². The van der Waals surface area contributed by atoms with Gasteiger partial charge >= 0.3 is 0 Å². The number of nitrogens with zero attached hydrogens (tertiary/aromatic N) is 1. The number of nitrogens with one attached hydrogen (secondary N) is 1. The fraction of sp³-hybridized carbons (Fsp3) is 0.188. The van der Waals surface area contributed by atoms with Crippen molar-refractivity contribution in [3.63, 3.8) is 0 Å². The molecule has 1 heterocycles. The number of benzene rings is 2. The zero-order chi connectivity index (χ0) is 13.9. The topological polar surface area (TPSA) is 24.9 Å². The van der Waals surface area contributed by atoms with E-state index in [1.54, 1.807) is 23.1 Å². The number of para-hydroxylation sites is 1. The van der Waals surface area contributed by atoms with Crippen molar-refractivity contribution < 1.29 is 0 Å². The summed E-state index contributed by atoms with van der Waals surface area (Å²) in [4.78, 5) is 5.88. The Morgan fingerprint density at radius 1 is 1.10 bits per heavy atom. The summed E-state index contributed by atoms with van der Waals surface area (Å²) in [5, 5.41) is 3.25. The van der Waals surface area contributed by atoms with Gasteiger partial charge in [-0.25, -0.2) is 4.98 Å². The van der Waals surface area contributed by atoms with Gasteiger partial charge in [0, 0.05) is 10.9 Å². The molecule has 1 atom stereocenters. The summed E-state index contributed by atoms with van der Waals surface area (Å²) < 4.78 is 2.34. The first-order valence-corrected chi connectivity index (χ1v) is 8.20. The highest BCUT2D eigenvalue weighted by atomic mass is 32.2. The molecular weight excluding hydrogens is 284 g/mol. The van der Waals surface area contributed by atoms with Crippen molar-refractivity contribution in [1.29, 1.82) is 0 Å². The van der Waals surface area contributed by atoms with E-state index in [-0.39, 0.29) is 0 Å². The highest BCUT2D eigenvalue weighted by molar-refractivity contribution is 8.01. The van der Waals surface area contributed by atoms with Crippen molar-refractivity contribution in [3.8, 4) is 0 Å². The Balaban J connectivity index is 1.80. The van der Waals surface area contributed by atoms with Gasteiger partial charge in [0.2, 0.25) is 0 Å². The maximum absolute atomic E-state index is 4.65. The monoisotopic (exact) mass is 300 g/mol. The fourth-order valence-corrected chi connectivity index (χ4v) is 4.03. The van der Waals surface area contributed by atoms with Gasteiger partial charge in [0.05, 0.1) is 10.2 Å². The SMILES string of the molecule is CNC(C)c1ccc(Sc2nc3ccccc3s2)cc1. The van der Waals surface area contributed by atoms with E-state index < -0.39 is 0 Å². The van der Waals surface area contributed by atoms with E-state index in [2.05, 4.69) is 59.7 Å². The Morgan fingerprint density at radius 3 is 2.55 bits per heavy atom. The van der Waals surface area contributed by atoms with E-state index in [0.717, 1.165) is 9.86 Å². The van der Waals surface area contributed by atoms with Crippen LogP contribution in [0.5, 0.6) is 0 Å². The van der Waals surface area contributed by atoms with E-state index in [0.29, 0.717) is 6.04 Å². The number of hydrogen-bond donors (Lipinski definition) is 1. The van der Waals surface area contributed by atoms with Crippen LogP contribution < -0.4 is 5.32 Å². The van der Waals surface area contributed by atoms with Gasteiger partial charge in [-0.05, 0) is 43.8 Å². The van der Waals surface area contributed by atoms with Crippen LogP contribution in [0.3, 0.4) is 0 Å². The molecule has 1 aromatic heterocycles. The lowest BCUT2D eigenvalue weighted by atomic mass is 10.1. The molecule has 4 heteroatoms. The molecule has 0 aliphatic heterocycles. The van der Waals surface area contributed by atoms with E-state index in [1.807, 2.05) is 13.1 Å². The summed E-state index contributed by atoms with van der Waals surface area (Å²) in [7, 11) is 1.98. The Morgan fingerprint density at radius 2 is 1.85 bits per heavy atom. The fourth-order valence-electron chi connectivity index (χ4n) is 1.99. The molecule has 0 aliphatic carbocycles. The van der Waals surface area contributed by atoms with Crippen LogP contribution >= 0.6 is 23.1 Å². The largest absolute Gasteiger partial charge is 0.313 e. The first-order chi connectivity index (χ1) is 9.76. The summed E-state index contributed by atoms with van der Waals surface area (Å²) >= 11 is 3.47. The van der Waals surface area contributed by atoms with Crippen molar-refractivity contribution in [2.24, 2.45) is 0 Å². The Kier molecular flexibility index (Phi) is 4.05. The van der Waals surface area contributed by atoms with Crippen LogP contribution in [0.2, 0.25) is 0 Å². The predicted octanol–water partition coefficient (Wildman–Crippen LogP) is 4.73. The number of aromatic nitrogens is 1. The Bertz CT molecular complexity index is 671. The molecule has 2 aromatic carbocycles. The summed E-state index contributed by atoms with van der Waals surface area (Å²) in [6.07, 6.45) is 0. The zero-order valence-corrected chi connectivity index (χ0v) is 13.1. The standard InChI is InChI=1S/C16H16N2S2/c1-11(17-2)12-7-9-13(10-8-12)19-16-18-14-5-3-4-6-15(14)20-16/h3-11,17H,1-2H3. The molecule has 0 saturated heterocycles. The first-order valence-electron chi connectivity index (χ1n) is 6.57. The molecule has 2 nitrogen and oxygen atoms in total. The minimum atomic E-state index is 0.386. The molecule has 3 rings (SSSR count). The molecule has 20 heavy (non-hydrogen) atoms. The normalized spacial score (nSPS) is 12.7. The highest BCUT2D eigenvalue weighted by Gasteiger charge is 2.06. The summed E-state index contributed by atoms with van der Waals surface area (Å²) in [5.74, 6) is 0. The quantitative estimate of drug-likeness (QED) is 0.754. The second-order valence-corrected chi connectivity index (χ2v) is 6.98. The molecular formula is C16H16N2S2. The molecule has 0 fully saturated rings. The maximum atomic E-state index is 4.65. The van der Waals surface area contributed by atoms with Crippen molar-refractivity contribution in [1.82, 2.24) is 10.3 Å². The summed E-state index contributed by atoms with van der Waals surface area (Å²) in [6, 6.07) is 17.3. The Labute approximate surface area is 127 Å². The molecule has 0 bridgehead atoms. The minimum absolute atomic E-state index is 0.386. The van der Waals surface area contributed by atoms with Crippen LogP contribution in [0.15, 0.2) is 57.8 Å². The van der Waals surface area contributed by atoms with Crippen molar-refractivity contribution >= 4 is 33.3 Å². The summed E-state index contributed by atoms with van der Waals surface area (Å²) in [5.41, 5.74) is 2.39.